The monoisotopic (exact) mass is 259 g/mol. The van der Waals surface area contributed by atoms with Crippen LogP contribution in [0.2, 0.25) is 0 Å². The zero-order chi connectivity index (χ0) is 13.2. The van der Waals surface area contributed by atoms with Crippen LogP contribution < -0.4 is 10.1 Å². The van der Waals surface area contributed by atoms with Crippen molar-refractivity contribution >= 4 is 5.91 Å². The molecule has 2 bridgehead atoms. The Hall–Kier alpha value is -1.51. The zero-order valence-electron chi connectivity index (χ0n) is 11.3. The summed E-state index contributed by atoms with van der Waals surface area (Å²) in [5, 5.41) is 3.17. The quantitative estimate of drug-likeness (QED) is 0.903. The van der Waals surface area contributed by atoms with E-state index in [9.17, 15) is 4.79 Å². The number of para-hydroxylation sites is 1. The number of nitrogens with one attached hydrogen (secondary N) is 1. The van der Waals surface area contributed by atoms with Gasteiger partial charge in [-0.2, -0.15) is 0 Å². The Morgan fingerprint density at radius 1 is 1.26 bits per heavy atom. The molecule has 1 aromatic rings. The van der Waals surface area contributed by atoms with Crippen LogP contribution in [-0.2, 0) is 4.79 Å². The first kappa shape index (κ1) is 12.5. The van der Waals surface area contributed by atoms with Crippen molar-refractivity contribution in [2.75, 3.05) is 0 Å². The summed E-state index contributed by atoms with van der Waals surface area (Å²) in [6.07, 6.45) is 4.67. The summed E-state index contributed by atoms with van der Waals surface area (Å²) in [5.41, 5.74) is 0. The van der Waals surface area contributed by atoms with Crippen molar-refractivity contribution in [2.45, 2.75) is 44.8 Å². The van der Waals surface area contributed by atoms with Gasteiger partial charge < -0.3 is 10.1 Å². The molecule has 2 aliphatic rings. The molecule has 0 spiro atoms. The number of hydrogen-bond acceptors (Lipinski definition) is 2. The molecular weight excluding hydrogens is 238 g/mol. The average molecular weight is 259 g/mol. The maximum Gasteiger partial charge on any atom is 0.261 e. The van der Waals surface area contributed by atoms with E-state index in [-0.39, 0.29) is 5.91 Å². The van der Waals surface area contributed by atoms with Crippen molar-refractivity contribution in [1.82, 2.24) is 5.32 Å². The first-order chi connectivity index (χ1) is 9.22. The highest BCUT2D eigenvalue weighted by Gasteiger charge is 2.40. The maximum absolute atomic E-state index is 12.1. The molecule has 3 nitrogen and oxygen atoms in total. The summed E-state index contributed by atoms with van der Waals surface area (Å²) < 4.78 is 5.65. The predicted octanol–water partition coefficient (Wildman–Crippen LogP) is 2.76. The molecule has 1 aromatic carbocycles. The minimum absolute atomic E-state index is 0.0152. The molecule has 19 heavy (non-hydrogen) atoms. The Labute approximate surface area is 114 Å². The van der Waals surface area contributed by atoms with E-state index >= 15 is 0 Å². The first-order valence-corrected chi connectivity index (χ1v) is 7.24. The fourth-order valence-corrected chi connectivity index (χ4v) is 3.48. The van der Waals surface area contributed by atoms with Gasteiger partial charge in [-0.25, -0.2) is 0 Å². The SMILES string of the molecule is C[C@H](Oc1ccccc1)C(=O)N[C@H]1C[C@H]2CC[C@H]1C2. The summed E-state index contributed by atoms with van der Waals surface area (Å²) in [4.78, 5) is 12.1. The first-order valence-electron chi connectivity index (χ1n) is 7.24. The van der Waals surface area contributed by atoms with Gasteiger partial charge >= 0.3 is 0 Å². The highest BCUT2D eigenvalue weighted by atomic mass is 16.5. The lowest BCUT2D eigenvalue weighted by Crippen LogP contribution is -2.44. The Balaban J connectivity index is 1.53. The molecule has 1 amide bonds. The van der Waals surface area contributed by atoms with Crippen molar-refractivity contribution in [3.63, 3.8) is 0 Å². The molecule has 102 valence electrons. The smallest absolute Gasteiger partial charge is 0.261 e. The molecular formula is C16H21NO2. The Morgan fingerprint density at radius 3 is 2.68 bits per heavy atom. The van der Waals surface area contributed by atoms with Crippen LogP contribution >= 0.6 is 0 Å². The van der Waals surface area contributed by atoms with Gasteiger partial charge in [0.15, 0.2) is 6.10 Å². The van der Waals surface area contributed by atoms with Crippen molar-refractivity contribution < 1.29 is 9.53 Å². The highest BCUT2D eigenvalue weighted by molar-refractivity contribution is 5.81. The molecule has 2 saturated carbocycles. The fourth-order valence-electron chi connectivity index (χ4n) is 3.48. The van der Waals surface area contributed by atoms with Crippen molar-refractivity contribution in [2.24, 2.45) is 11.8 Å². The van der Waals surface area contributed by atoms with Gasteiger partial charge in [-0.1, -0.05) is 24.6 Å². The van der Waals surface area contributed by atoms with Crippen LogP contribution in [0.25, 0.3) is 0 Å². The summed E-state index contributed by atoms with van der Waals surface area (Å²) in [7, 11) is 0. The van der Waals surface area contributed by atoms with Gasteiger partial charge in [-0.15, -0.1) is 0 Å². The van der Waals surface area contributed by atoms with Crippen molar-refractivity contribution in [3.8, 4) is 5.75 Å². The van der Waals surface area contributed by atoms with E-state index in [0.29, 0.717) is 12.0 Å². The summed E-state index contributed by atoms with van der Waals surface area (Å²) in [5.74, 6) is 2.32. The number of ether oxygens (including phenoxy) is 1. The van der Waals surface area contributed by atoms with Gasteiger partial charge in [0.05, 0.1) is 0 Å². The molecule has 0 saturated heterocycles. The molecule has 4 atom stereocenters. The van der Waals surface area contributed by atoms with E-state index in [4.69, 9.17) is 4.74 Å². The molecule has 0 unspecified atom stereocenters. The van der Waals surface area contributed by atoms with Crippen LogP contribution in [0, 0.1) is 11.8 Å². The molecule has 1 N–H and O–H groups in total. The van der Waals surface area contributed by atoms with E-state index < -0.39 is 6.10 Å². The highest BCUT2D eigenvalue weighted by Crippen LogP contribution is 2.44. The summed E-state index contributed by atoms with van der Waals surface area (Å²) in [6.45, 7) is 1.82. The Kier molecular flexibility index (Phi) is 3.45. The minimum atomic E-state index is -0.429. The molecule has 0 aromatic heterocycles. The third-order valence-electron chi connectivity index (χ3n) is 4.49. The second-order valence-electron chi connectivity index (χ2n) is 5.86. The van der Waals surface area contributed by atoms with Gasteiger partial charge in [0, 0.05) is 6.04 Å². The number of carbonyl (C=O) groups is 1. The van der Waals surface area contributed by atoms with E-state index in [1.54, 1.807) is 0 Å². The van der Waals surface area contributed by atoms with Crippen LogP contribution in [0.5, 0.6) is 5.75 Å². The van der Waals surface area contributed by atoms with Crippen LogP contribution in [0.1, 0.15) is 32.6 Å². The van der Waals surface area contributed by atoms with Gasteiger partial charge in [-0.05, 0) is 50.2 Å². The number of carbonyl (C=O) groups excluding carboxylic acids is 1. The van der Waals surface area contributed by atoms with Gasteiger partial charge in [0.1, 0.15) is 5.75 Å². The second kappa shape index (κ2) is 5.24. The Morgan fingerprint density at radius 2 is 2.05 bits per heavy atom. The van der Waals surface area contributed by atoms with Gasteiger partial charge in [0.2, 0.25) is 0 Å². The molecule has 3 heteroatoms. The third-order valence-corrected chi connectivity index (χ3v) is 4.49. The zero-order valence-corrected chi connectivity index (χ0v) is 11.3. The lowest BCUT2D eigenvalue weighted by atomic mass is 9.95. The van der Waals surface area contributed by atoms with E-state index in [1.165, 1.54) is 19.3 Å². The third kappa shape index (κ3) is 2.75. The van der Waals surface area contributed by atoms with Crippen LogP contribution in [0.15, 0.2) is 30.3 Å². The van der Waals surface area contributed by atoms with E-state index in [0.717, 1.165) is 18.1 Å². The molecule has 0 heterocycles. The Bertz CT molecular complexity index is 445. The lowest BCUT2D eigenvalue weighted by molar-refractivity contribution is -0.128. The fraction of sp³-hybridized carbons (Fsp3) is 0.562. The number of hydrogen-bond donors (Lipinski definition) is 1. The van der Waals surface area contributed by atoms with Crippen molar-refractivity contribution in [1.29, 1.82) is 0 Å². The summed E-state index contributed by atoms with van der Waals surface area (Å²) in [6, 6.07) is 9.90. The van der Waals surface area contributed by atoms with Gasteiger partial charge in [-0.3, -0.25) is 4.79 Å². The normalized spacial score (nSPS) is 30.1. The van der Waals surface area contributed by atoms with Crippen LogP contribution in [-0.4, -0.2) is 18.1 Å². The molecule has 2 fully saturated rings. The second-order valence-corrected chi connectivity index (χ2v) is 5.86. The summed E-state index contributed by atoms with van der Waals surface area (Å²) >= 11 is 0. The largest absolute Gasteiger partial charge is 0.481 e. The number of benzene rings is 1. The minimum Gasteiger partial charge on any atom is -0.481 e. The standard InChI is InChI=1S/C16H21NO2/c1-11(19-14-5-3-2-4-6-14)16(18)17-15-10-12-7-8-13(15)9-12/h2-6,11-13,15H,7-10H2,1H3,(H,17,18)/t11-,12-,13-,15-/m0/s1. The maximum atomic E-state index is 12.1. The van der Waals surface area contributed by atoms with Gasteiger partial charge in [0.25, 0.3) is 5.91 Å². The average Bonchev–Trinajstić information content (AvgIpc) is 3.02. The predicted molar refractivity (Wildman–Crippen MR) is 73.9 cm³/mol. The van der Waals surface area contributed by atoms with E-state index in [2.05, 4.69) is 5.32 Å². The molecule has 0 radical (unpaired) electrons. The molecule has 2 aliphatic carbocycles. The topological polar surface area (TPSA) is 38.3 Å². The number of fused-ring (bicyclic) bond motifs is 2. The van der Waals surface area contributed by atoms with Crippen molar-refractivity contribution in [3.05, 3.63) is 30.3 Å². The number of rotatable bonds is 4. The molecule has 3 rings (SSSR count). The lowest BCUT2D eigenvalue weighted by Gasteiger charge is -2.24. The van der Waals surface area contributed by atoms with Crippen LogP contribution in [0.4, 0.5) is 0 Å². The van der Waals surface area contributed by atoms with E-state index in [1.807, 2.05) is 37.3 Å². The molecule has 0 aliphatic heterocycles. The number of amides is 1. The van der Waals surface area contributed by atoms with Crippen LogP contribution in [0.3, 0.4) is 0 Å².